The van der Waals surface area contributed by atoms with Crippen LogP contribution in [0.25, 0.3) is 44.1 Å². The number of nitrogens with zero attached hydrogens (tertiary/aromatic N) is 8. The van der Waals surface area contributed by atoms with Crippen LogP contribution in [0.4, 0.5) is 26.3 Å². The molecule has 23 heteroatoms. The number of ether oxygens (including phenoxy) is 3. The Labute approximate surface area is 796 Å². The average molecular weight is 1850 g/mol. The summed E-state index contributed by atoms with van der Waals surface area (Å²) >= 11 is 0. The highest BCUT2D eigenvalue weighted by Gasteiger charge is 2.37. The molecule has 0 amide bonds. The number of nitrogens with one attached hydrogen (secondary N) is 4. The molecule has 17 nitrogen and oxygen atoms in total. The lowest BCUT2D eigenvalue weighted by Crippen LogP contribution is -2.31. The second-order valence-corrected chi connectivity index (χ2v) is 36.1. The third-order valence-electron chi connectivity index (χ3n) is 25.2. The average Bonchev–Trinajstić information content (AvgIpc) is 1.62. The van der Waals surface area contributed by atoms with Crippen molar-refractivity contribution in [2.75, 3.05) is 46.8 Å². The normalized spacial score (nSPS) is 12.6. The molecule has 4 atom stereocenters. The van der Waals surface area contributed by atoms with Crippen LogP contribution >= 0.6 is 0 Å². The zero-order chi connectivity index (χ0) is 97.2. The first kappa shape index (κ1) is 99.3. The van der Waals surface area contributed by atoms with Crippen molar-refractivity contribution >= 4 is 44.1 Å². The highest BCUT2D eigenvalue weighted by Crippen LogP contribution is 2.38. The van der Waals surface area contributed by atoms with E-state index in [2.05, 4.69) is 240 Å². The monoisotopic (exact) mass is 1850 g/mol. The molecule has 0 saturated carbocycles. The molecule has 137 heavy (non-hydrogen) atoms. The van der Waals surface area contributed by atoms with E-state index in [1.54, 1.807) is 7.11 Å². The van der Waals surface area contributed by atoms with E-state index in [1.807, 2.05) is 144 Å². The van der Waals surface area contributed by atoms with Gasteiger partial charge in [-0.05, 0) is 211 Å². The fourth-order valence-corrected chi connectivity index (χ4v) is 17.7. The van der Waals surface area contributed by atoms with Crippen molar-refractivity contribution in [3.8, 4) is 0 Å². The third-order valence-corrected chi connectivity index (χ3v) is 25.2. The van der Waals surface area contributed by atoms with Crippen LogP contribution in [0, 0.1) is 84.0 Å². The van der Waals surface area contributed by atoms with Crippen molar-refractivity contribution < 1.29 is 50.8 Å². The maximum absolute atomic E-state index is 13.4. The standard InChI is InChI=1S/C34H31F6N3O.C29H35N3O2.C26H29N3O.C25H27N3O/c1-22-7-11-24(12-8-22)17-29(21-44-20-26-15-27(33(35,36)37)18-28(16-26)34(38,39)40)43-31-6-4-3-5-30(31)42(32(43)41)19-25-13-9-23(2)10-14-25;1-22-9-13-24(14-10-22)19-26(21-34-18-6-17-33-3)32-28-8-5-4-7-27(28)31(29(32)30)20-25-15-11-23(2)12-16-25;1-18-7-11-21(12-8-18)15-23(17-30)29-25-20(3)5-4-6-24(25)28(26(29)27)16-22-13-9-19(2)10-14-22;1-18-7-11-20(12-8-18)15-22(17-29)28-24-6-4-3-5-23(24)27(25(28)26)16-21-13-9-19(2)10-14-21/h3-16,18,29,41H,17,19-21H2,1-2H3;4-5,7-16,26,30H,6,17-21H2,1-3H3;4-14,23,27,30H,15-17H2,1-3H3;3-14,22,26,29H,15-17H2,1-2H3/t29-;26-;23-;22-/m0000/s1. The number of aliphatic hydroxyl groups is 2. The molecule has 6 N–H and O–H groups in total. The van der Waals surface area contributed by atoms with Gasteiger partial charge in [0.05, 0.1) is 139 Å². The number of aromatic nitrogens is 8. The molecule has 0 spiro atoms. The zero-order valence-electron chi connectivity index (χ0n) is 79.5. The number of aryl methyl sites for hydroxylation is 9. The lowest BCUT2D eigenvalue weighted by Gasteiger charge is -2.21. The fourth-order valence-electron chi connectivity index (χ4n) is 17.7. The second-order valence-electron chi connectivity index (χ2n) is 36.1. The molecule has 0 aliphatic carbocycles. The quantitative estimate of drug-likeness (QED) is 0.0179. The van der Waals surface area contributed by atoms with Gasteiger partial charge < -0.3 is 61.0 Å². The number of methoxy groups -OCH3 is 1. The molecular formula is C114H122F6N12O5. The number of hydrogen-bond acceptors (Lipinski definition) is 9. The van der Waals surface area contributed by atoms with E-state index in [1.165, 1.54) is 55.6 Å². The van der Waals surface area contributed by atoms with E-state index in [0.717, 1.165) is 95.9 Å². The topological polar surface area (TPSA) is 203 Å². The Balaban J connectivity index is 0.000000148. The first-order valence-electron chi connectivity index (χ1n) is 46.5. The smallest absolute Gasteiger partial charge is 0.394 e. The highest BCUT2D eigenvalue weighted by atomic mass is 19.4. The molecule has 0 bridgehead atoms. The van der Waals surface area contributed by atoms with Crippen LogP contribution in [0.2, 0.25) is 0 Å². The van der Waals surface area contributed by atoms with E-state index in [9.17, 15) is 47.4 Å². The number of halogens is 6. The maximum Gasteiger partial charge on any atom is 0.416 e. The molecule has 0 unspecified atom stereocenters. The molecule has 710 valence electrons. The number of fused-ring (bicyclic) bond motifs is 4. The SMILES string of the molecule is COCCCOC[C@H](Cc1ccc(C)cc1)n1c(=N)n(Cc2ccc(C)cc2)c2ccccc21.Cc1ccc(C[C@@H](CO)n2c(=N)n(Cc3ccc(C)cc3)c3cccc(C)c32)cc1.Cc1ccc(C[C@@H](CO)n2c(=N)n(Cc3ccc(C)cc3)c3ccccc32)cc1.Cc1ccc(C[C@@H](COCc2cc(C(F)(F)F)cc(C(F)(F)F)c2)n2c(=N)n(Cc3ccc(C)cc3)c3ccccc32)cc1. The van der Waals surface area contributed by atoms with E-state index < -0.39 is 36.1 Å². The molecule has 0 radical (unpaired) electrons. The zero-order valence-corrected chi connectivity index (χ0v) is 79.5. The summed E-state index contributed by atoms with van der Waals surface area (Å²) in [5.41, 5.74) is 26.1. The van der Waals surface area contributed by atoms with Gasteiger partial charge in [0.1, 0.15) is 0 Å². The van der Waals surface area contributed by atoms with Crippen molar-refractivity contribution in [3.63, 3.8) is 0 Å². The summed E-state index contributed by atoms with van der Waals surface area (Å²) in [6, 6.07) is 97.6. The Kier molecular flexibility index (Phi) is 32.8. The number of benzene rings is 13. The molecule has 4 aromatic heterocycles. The first-order valence-corrected chi connectivity index (χ1v) is 46.5. The molecule has 13 aromatic carbocycles. The van der Waals surface area contributed by atoms with Gasteiger partial charge in [-0.25, -0.2) is 0 Å². The van der Waals surface area contributed by atoms with Crippen LogP contribution in [0.1, 0.15) is 142 Å². The van der Waals surface area contributed by atoms with E-state index >= 15 is 0 Å². The Hall–Kier alpha value is -13.7. The molecular weight excluding hydrogens is 1730 g/mol. The minimum atomic E-state index is -4.95. The van der Waals surface area contributed by atoms with Crippen molar-refractivity contribution in [2.24, 2.45) is 0 Å². The van der Waals surface area contributed by atoms with Crippen LogP contribution in [-0.4, -0.2) is 93.5 Å². The largest absolute Gasteiger partial charge is 0.416 e. The Bertz CT molecular complexity index is 7120. The van der Waals surface area contributed by atoms with Gasteiger partial charge in [0, 0.05) is 20.3 Å². The molecule has 0 fully saturated rings. The van der Waals surface area contributed by atoms with E-state index in [-0.39, 0.29) is 55.2 Å². The van der Waals surface area contributed by atoms with Gasteiger partial charge in [-0.1, -0.05) is 287 Å². The summed E-state index contributed by atoms with van der Waals surface area (Å²) < 4.78 is 114. The predicted molar refractivity (Wildman–Crippen MR) is 532 cm³/mol. The molecule has 4 heterocycles. The van der Waals surface area contributed by atoms with Crippen LogP contribution < -0.4 is 22.5 Å². The molecule has 0 aliphatic rings. The predicted octanol–water partition coefficient (Wildman–Crippen LogP) is 23.1. The van der Waals surface area contributed by atoms with Crippen molar-refractivity contribution in [2.45, 2.75) is 164 Å². The van der Waals surface area contributed by atoms with Gasteiger partial charge in [0.25, 0.3) is 0 Å². The molecule has 17 rings (SSSR count). The summed E-state index contributed by atoms with van der Waals surface area (Å²) in [6.45, 7) is 22.3. The third kappa shape index (κ3) is 25.0. The van der Waals surface area contributed by atoms with Gasteiger partial charge in [-0.3, -0.25) is 21.6 Å². The van der Waals surface area contributed by atoms with Crippen LogP contribution in [0.5, 0.6) is 0 Å². The lowest BCUT2D eigenvalue weighted by molar-refractivity contribution is -0.143. The van der Waals surface area contributed by atoms with Gasteiger partial charge in [0.15, 0.2) is 0 Å². The van der Waals surface area contributed by atoms with Crippen molar-refractivity contribution in [1.29, 1.82) is 21.6 Å². The van der Waals surface area contributed by atoms with Gasteiger partial charge >= 0.3 is 12.4 Å². The molecule has 0 aliphatic heterocycles. The Morgan fingerprint density at radius 3 is 0.854 bits per heavy atom. The number of rotatable bonds is 32. The summed E-state index contributed by atoms with van der Waals surface area (Å²) in [4.78, 5) is 0. The first-order chi connectivity index (χ1) is 65.9. The van der Waals surface area contributed by atoms with Crippen molar-refractivity contribution in [3.05, 3.63) is 437 Å². The number of para-hydroxylation sites is 7. The minimum Gasteiger partial charge on any atom is -0.394 e. The summed E-state index contributed by atoms with van der Waals surface area (Å²) in [7, 11) is 1.71. The van der Waals surface area contributed by atoms with Crippen molar-refractivity contribution in [1.82, 2.24) is 36.5 Å². The van der Waals surface area contributed by atoms with Gasteiger partial charge in [-0.2, -0.15) is 26.3 Å². The van der Waals surface area contributed by atoms with E-state index in [0.29, 0.717) is 94.2 Å². The lowest BCUT2D eigenvalue weighted by atomic mass is 10.0. The number of aliphatic hydroxyl groups excluding tert-OH is 2. The minimum absolute atomic E-state index is 0.0109. The Morgan fingerprint density at radius 2 is 0.547 bits per heavy atom. The second kappa shape index (κ2) is 45.3. The van der Waals surface area contributed by atoms with Gasteiger partial charge in [-0.15, -0.1) is 0 Å². The van der Waals surface area contributed by atoms with Gasteiger partial charge in [0.2, 0.25) is 22.5 Å². The van der Waals surface area contributed by atoms with Crippen LogP contribution in [0.3, 0.4) is 0 Å². The Morgan fingerprint density at radius 1 is 0.285 bits per heavy atom. The van der Waals surface area contributed by atoms with Crippen LogP contribution in [0.15, 0.2) is 303 Å². The summed E-state index contributed by atoms with van der Waals surface area (Å²) in [5.74, 6) is 0. The molecule has 0 saturated heterocycles. The fraction of sp³-hybridized carbons (Fsp3) is 0.281. The van der Waals surface area contributed by atoms with E-state index in [4.69, 9.17) is 25.0 Å². The number of alkyl halides is 6. The summed E-state index contributed by atoms with van der Waals surface area (Å²) in [6.07, 6.45) is -6.43. The summed E-state index contributed by atoms with van der Waals surface area (Å²) in [5, 5.41) is 56.8. The van der Waals surface area contributed by atoms with Crippen LogP contribution in [-0.2, 0) is 85.0 Å². The highest BCUT2D eigenvalue weighted by molar-refractivity contribution is 5.81. The molecule has 17 aromatic rings. The number of hydrogen-bond donors (Lipinski definition) is 6. The maximum atomic E-state index is 13.4. The number of imidazole rings is 4.